The first-order valence-corrected chi connectivity index (χ1v) is 10.6. The first-order chi connectivity index (χ1) is 16.3. The number of rotatable bonds is 7. The van der Waals surface area contributed by atoms with E-state index in [0.717, 1.165) is 16.0 Å². The summed E-state index contributed by atoms with van der Waals surface area (Å²) < 4.78 is 5.78. The highest BCUT2D eigenvalue weighted by Gasteiger charge is 2.16. The van der Waals surface area contributed by atoms with Crippen LogP contribution in [0.15, 0.2) is 59.7 Å². The molecule has 0 spiro atoms. The summed E-state index contributed by atoms with van der Waals surface area (Å²) in [5.74, 6) is 0.825. The topological polar surface area (TPSA) is 133 Å². The normalized spacial score (nSPS) is 11.7. The molecule has 0 aliphatic rings. The lowest BCUT2D eigenvalue weighted by molar-refractivity contribution is 0.203. The largest absolute Gasteiger partial charge is 0.486 e. The van der Waals surface area contributed by atoms with Crippen LogP contribution in [-0.4, -0.2) is 38.2 Å². The van der Waals surface area contributed by atoms with Gasteiger partial charge in [-0.15, -0.1) is 0 Å². The number of anilines is 2. The highest BCUT2D eigenvalue weighted by molar-refractivity contribution is 6.32. The Morgan fingerprint density at radius 3 is 2.79 bits per heavy atom. The summed E-state index contributed by atoms with van der Waals surface area (Å²) in [5, 5.41) is 13.3. The van der Waals surface area contributed by atoms with Crippen LogP contribution >= 0.6 is 11.6 Å². The number of pyridine rings is 2. The number of carboxylic acid groups (broad SMARTS) is 1. The van der Waals surface area contributed by atoms with Crippen LogP contribution in [0.3, 0.4) is 0 Å². The summed E-state index contributed by atoms with van der Waals surface area (Å²) in [7, 11) is 1.38. The van der Waals surface area contributed by atoms with Crippen molar-refractivity contribution in [3.8, 4) is 5.75 Å². The number of hydrogen-bond donors (Lipinski definition) is 3. The second-order valence-corrected chi connectivity index (χ2v) is 7.89. The van der Waals surface area contributed by atoms with Crippen LogP contribution in [0.1, 0.15) is 24.2 Å². The maximum absolute atomic E-state index is 12.8. The van der Waals surface area contributed by atoms with E-state index < -0.39 is 12.1 Å². The van der Waals surface area contributed by atoms with E-state index >= 15 is 0 Å². The third-order valence-corrected chi connectivity index (χ3v) is 5.41. The molecule has 3 aromatic heterocycles. The zero-order valence-electron chi connectivity index (χ0n) is 18.3. The lowest BCUT2D eigenvalue weighted by atomic mass is 10.1. The number of halogens is 1. The lowest BCUT2D eigenvalue weighted by Gasteiger charge is -2.17. The summed E-state index contributed by atoms with van der Waals surface area (Å²) in [6.45, 7) is 2.02. The number of fused-ring (bicyclic) bond motifs is 1. The molecule has 0 aliphatic heterocycles. The molecule has 1 aromatic carbocycles. The minimum absolute atomic E-state index is 0.189. The van der Waals surface area contributed by atoms with E-state index in [9.17, 15) is 9.59 Å². The minimum Gasteiger partial charge on any atom is -0.486 e. The zero-order chi connectivity index (χ0) is 24.2. The fourth-order valence-electron chi connectivity index (χ4n) is 3.27. The van der Waals surface area contributed by atoms with Gasteiger partial charge in [0.25, 0.3) is 5.56 Å². The van der Waals surface area contributed by atoms with Gasteiger partial charge in [-0.3, -0.25) is 14.7 Å². The van der Waals surface area contributed by atoms with E-state index in [0.29, 0.717) is 21.9 Å². The van der Waals surface area contributed by atoms with E-state index in [4.69, 9.17) is 21.4 Å². The molecule has 10 nitrogen and oxygen atoms in total. The molecule has 0 saturated carbocycles. The molecule has 0 saturated heterocycles. The quantitative estimate of drug-likeness (QED) is 0.358. The average molecular weight is 481 g/mol. The van der Waals surface area contributed by atoms with Gasteiger partial charge in [0.05, 0.1) is 22.3 Å². The number of ether oxygens (including phenoxy) is 1. The lowest BCUT2D eigenvalue weighted by Crippen LogP contribution is -2.25. The Bertz CT molecular complexity index is 1400. The smallest absolute Gasteiger partial charge is 0.412 e. The SMILES string of the molecule is C[C@H](Nc1nccc(N(C)C(=O)O)n1)c1cc2cc(Cl)c(OCc3ccccn3)cc2[nH]c1=O. The molecular formula is C23H21ClN6O4. The molecule has 174 valence electrons. The van der Waals surface area contributed by atoms with Gasteiger partial charge in [0.2, 0.25) is 5.95 Å². The number of aromatic amines is 1. The average Bonchev–Trinajstić information content (AvgIpc) is 2.83. The molecule has 34 heavy (non-hydrogen) atoms. The van der Waals surface area contributed by atoms with Crippen LogP contribution in [0.2, 0.25) is 5.02 Å². The zero-order valence-corrected chi connectivity index (χ0v) is 19.1. The molecule has 4 aromatic rings. The highest BCUT2D eigenvalue weighted by atomic mass is 35.5. The maximum atomic E-state index is 12.8. The molecule has 3 heterocycles. The predicted octanol–water partition coefficient (Wildman–Crippen LogP) is 4.23. The van der Waals surface area contributed by atoms with Gasteiger partial charge in [0.1, 0.15) is 18.2 Å². The summed E-state index contributed by atoms with van der Waals surface area (Å²) in [6.07, 6.45) is 1.97. The Balaban J connectivity index is 1.56. The van der Waals surface area contributed by atoms with E-state index in [1.807, 2.05) is 18.2 Å². The van der Waals surface area contributed by atoms with E-state index in [1.165, 1.54) is 19.3 Å². The fourth-order valence-corrected chi connectivity index (χ4v) is 3.49. The Morgan fingerprint density at radius 2 is 2.06 bits per heavy atom. The van der Waals surface area contributed by atoms with E-state index in [2.05, 4.69) is 25.3 Å². The van der Waals surface area contributed by atoms with Crippen LogP contribution < -0.4 is 20.5 Å². The number of amides is 1. The Morgan fingerprint density at radius 1 is 1.24 bits per heavy atom. The summed E-state index contributed by atoms with van der Waals surface area (Å²) in [6, 6.07) is 11.7. The van der Waals surface area contributed by atoms with E-state index in [-0.39, 0.29) is 23.9 Å². The van der Waals surface area contributed by atoms with Crippen molar-refractivity contribution in [3.63, 3.8) is 0 Å². The van der Waals surface area contributed by atoms with Gasteiger partial charge < -0.3 is 20.1 Å². The van der Waals surface area contributed by atoms with Crippen molar-refractivity contribution in [3.05, 3.63) is 81.5 Å². The molecule has 4 rings (SSSR count). The second-order valence-electron chi connectivity index (χ2n) is 7.48. The van der Waals surface area contributed by atoms with Crippen LogP contribution in [0.25, 0.3) is 10.9 Å². The molecule has 0 unspecified atom stereocenters. The van der Waals surface area contributed by atoms with Gasteiger partial charge in [-0.25, -0.2) is 9.78 Å². The van der Waals surface area contributed by atoms with Gasteiger partial charge in [-0.2, -0.15) is 4.98 Å². The van der Waals surface area contributed by atoms with Crippen molar-refractivity contribution >= 4 is 40.4 Å². The van der Waals surface area contributed by atoms with Crippen molar-refractivity contribution in [2.45, 2.75) is 19.6 Å². The Kier molecular flexibility index (Phi) is 6.60. The maximum Gasteiger partial charge on any atom is 0.412 e. The van der Waals surface area contributed by atoms with Crippen molar-refractivity contribution in [1.82, 2.24) is 19.9 Å². The summed E-state index contributed by atoms with van der Waals surface area (Å²) in [5.41, 5.74) is 1.46. The molecular weight excluding hydrogens is 460 g/mol. The first-order valence-electron chi connectivity index (χ1n) is 10.3. The standard InChI is InChI=1S/C23H21ClN6O4/c1-13(27-22-26-8-6-20(29-22)30(2)23(32)33)16-9-14-10-17(24)19(11-18(14)28-21(16)31)34-12-15-5-3-4-7-25-15/h3-11,13H,12H2,1-2H3,(H,28,31)(H,32,33)(H,26,27,29)/t13-/m0/s1. The summed E-state index contributed by atoms with van der Waals surface area (Å²) in [4.78, 5) is 40.3. The van der Waals surface area contributed by atoms with Crippen LogP contribution in [0.5, 0.6) is 5.75 Å². The van der Waals surface area contributed by atoms with Crippen molar-refractivity contribution in [2.75, 3.05) is 17.3 Å². The second kappa shape index (κ2) is 9.75. The highest BCUT2D eigenvalue weighted by Crippen LogP contribution is 2.30. The van der Waals surface area contributed by atoms with E-state index in [1.54, 1.807) is 31.3 Å². The number of carbonyl (C=O) groups is 1. The molecule has 3 N–H and O–H groups in total. The molecule has 1 amide bonds. The van der Waals surface area contributed by atoms with Crippen molar-refractivity contribution < 1.29 is 14.6 Å². The molecule has 0 radical (unpaired) electrons. The number of nitrogens with zero attached hydrogens (tertiary/aromatic N) is 4. The van der Waals surface area contributed by atoms with Crippen LogP contribution in [0, 0.1) is 0 Å². The van der Waals surface area contributed by atoms with Gasteiger partial charge in [0, 0.05) is 36.5 Å². The Hall–Kier alpha value is -4.18. The number of H-pyrrole nitrogens is 1. The molecule has 0 fully saturated rings. The third kappa shape index (κ3) is 5.07. The van der Waals surface area contributed by atoms with Crippen LogP contribution in [0.4, 0.5) is 16.6 Å². The van der Waals surface area contributed by atoms with Gasteiger partial charge in [-0.05, 0) is 37.3 Å². The van der Waals surface area contributed by atoms with Crippen molar-refractivity contribution in [1.29, 1.82) is 0 Å². The van der Waals surface area contributed by atoms with Gasteiger partial charge in [0.15, 0.2) is 0 Å². The monoisotopic (exact) mass is 480 g/mol. The third-order valence-electron chi connectivity index (χ3n) is 5.11. The first kappa shape index (κ1) is 23.0. The number of nitrogens with one attached hydrogen (secondary N) is 2. The number of aromatic nitrogens is 4. The number of benzene rings is 1. The van der Waals surface area contributed by atoms with Crippen molar-refractivity contribution in [2.24, 2.45) is 0 Å². The molecule has 1 atom stereocenters. The van der Waals surface area contributed by atoms with Gasteiger partial charge >= 0.3 is 6.09 Å². The minimum atomic E-state index is -1.15. The molecule has 0 bridgehead atoms. The summed E-state index contributed by atoms with van der Waals surface area (Å²) >= 11 is 6.42. The predicted molar refractivity (Wildman–Crippen MR) is 129 cm³/mol. The molecule has 0 aliphatic carbocycles. The molecule has 11 heteroatoms. The number of hydrogen-bond acceptors (Lipinski definition) is 7. The fraction of sp³-hybridized carbons (Fsp3) is 0.174. The Labute approximate surface area is 199 Å². The van der Waals surface area contributed by atoms with Crippen LogP contribution in [-0.2, 0) is 6.61 Å². The van der Waals surface area contributed by atoms with Gasteiger partial charge in [-0.1, -0.05) is 17.7 Å².